The molecule has 0 aliphatic carbocycles. The first-order chi connectivity index (χ1) is 11.6. The Kier molecular flexibility index (Phi) is 15.7. The van der Waals surface area contributed by atoms with E-state index in [0.717, 1.165) is 5.69 Å². The molecule has 1 heterocycles. The number of hydrogen-bond acceptors (Lipinski definition) is 1. The van der Waals surface area contributed by atoms with Crippen LogP contribution >= 0.6 is 0 Å². The van der Waals surface area contributed by atoms with Gasteiger partial charge in [0.1, 0.15) is 0 Å². The Morgan fingerprint density at radius 2 is 0.893 bits per heavy atom. The fourth-order valence-electron chi connectivity index (χ4n) is 2.80. The Balaban J connectivity index is -0.000000329. The fourth-order valence-corrected chi connectivity index (χ4v) is 18.9. The summed E-state index contributed by atoms with van der Waals surface area (Å²) in [5.41, 5.74) is 3.63. The van der Waals surface area contributed by atoms with E-state index in [-0.39, 0.29) is 23.1 Å². The normalized spacial score (nSPS) is 12.1. The van der Waals surface area contributed by atoms with Crippen LogP contribution in [0.25, 0.3) is 9.30 Å². The Morgan fingerprint density at radius 1 is 0.607 bits per heavy atom. The van der Waals surface area contributed by atoms with E-state index in [9.17, 15) is 0 Å². The van der Waals surface area contributed by atoms with Crippen molar-refractivity contribution in [1.29, 1.82) is 0 Å². The molecule has 0 aromatic carbocycles. The Labute approximate surface area is 197 Å². The minimum Gasteiger partial charge on any atom is -0.668 e. The first kappa shape index (κ1) is 33.3. The Hall–Kier alpha value is 0.704. The molecule has 28 heavy (non-hydrogen) atoms. The molecule has 0 radical (unpaired) electrons. The first-order valence-corrected chi connectivity index (χ1v) is 23.8. The molecule has 0 spiro atoms. The molecule has 0 aliphatic rings. The second kappa shape index (κ2) is 13.2. The van der Waals surface area contributed by atoms with Gasteiger partial charge in [0, 0.05) is 11.9 Å². The minimum absolute atomic E-state index is 0. The maximum Gasteiger partial charge on any atom is 2.00 e. The average molecular weight is 466 g/mol. The number of hydrogen-bond donors (Lipinski definition) is 0. The van der Waals surface area contributed by atoms with Crippen molar-refractivity contribution in [2.45, 2.75) is 99.3 Å². The second-order valence-corrected chi connectivity index (χ2v) is 30.5. The van der Waals surface area contributed by atoms with Gasteiger partial charge >= 0.3 is 23.1 Å². The van der Waals surface area contributed by atoms with Gasteiger partial charge in [0.05, 0.1) is 0 Å². The van der Waals surface area contributed by atoms with E-state index in [1.165, 1.54) is 11.1 Å². The smallest absolute Gasteiger partial charge is 0.668 e. The molecular weight excluding hydrogens is 419 g/mol. The van der Waals surface area contributed by atoms with Crippen molar-refractivity contribution in [1.82, 2.24) is 4.98 Å². The van der Waals surface area contributed by atoms with Crippen molar-refractivity contribution < 1.29 is 0 Å². The topological polar surface area (TPSA) is 41.1 Å². The van der Waals surface area contributed by atoms with Gasteiger partial charge < -0.3 is 9.30 Å². The zero-order chi connectivity index (χ0) is 22.3. The molecule has 0 bridgehead atoms. The van der Waals surface area contributed by atoms with E-state index in [1.54, 1.807) is 0 Å². The monoisotopic (exact) mass is 465 g/mol. The van der Waals surface area contributed by atoms with E-state index < -0.39 is 32.9 Å². The number of aryl methyl sites for hydroxylation is 3. The molecule has 0 N–H and O–H groups in total. The summed E-state index contributed by atoms with van der Waals surface area (Å²) >= 11 is 0. The van der Waals surface area contributed by atoms with Gasteiger partial charge in [-0.15, -0.1) is 0 Å². The number of rotatable bonds is 4. The van der Waals surface area contributed by atoms with E-state index in [4.69, 9.17) is 9.30 Å². The Bertz CT molecular complexity index is 505. The van der Waals surface area contributed by atoms with Gasteiger partial charge in [-0.05, 0) is 31.9 Å². The van der Waals surface area contributed by atoms with E-state index in [1.807, 2.05) is 13.1 Å². The van der Waals surface area contributed by atoms with Gasteiger partial charge in [-0.3, -0.25) is 4.98 Å². The standard InChI is InChI=1S/C8H11N.2C6H18NSi2.Mg/c1-6-4-7(2)8(3)9-5-6;2*1-8(2,3)7-9(4,5)6;/h4-5H,1-3H3;2*1-6H3;/q;2*-1;+2. The van der Waals surface area contributed by atoms with Crippen LogP contribution in [0.3, 0.4) is 0 Å². The molecule has 160 valence electrons. The predicted octanol–water partition coefficient (Wildman–Crippen LogP) is 7.69. The van der Waals surface area contributed by atoms with Gasteiger partial charge in [0.25, 0.3) is 0 Å². The van der Waals surface area contributed by atoms with Crippen LogP contribution in [-0.4, -0.2) is 61.0 Å². The number of aromatic nitrogens is 1. The Morgan fingerprint density at radius 3 is 1.04 bits per heavy atom. The van der Waals surface area contributed by atoms with Gasteiger partial charge in [0.15, 0.2) is 0 Å². The van der Waals surface area contributed by atoms with Gasteiger partial charge in [-0.1, -0.05) is 118 Å². The maximum absolute atomic E-state index is 4.82. The van der Waals surface area contributed by atoms with E-state index >= 15 is 0 Å². The molecule has 0 aliphatic heterocycles. The van der Waals surface area contributed by atoms with Crippen LogP contribution in [0.15, 0.2) is 12.3 Å². The summed E-state index contributed by atoms with van der Waals surface area (Å²) in [6.07, 6.45) is 1.89. The van der Waals surface area contributed by atoms with Crippen LogP contribution in [0.4, 0.5) is 0 Å². The van der Waals surface area contributed by atoms with Gasteiger partial charge in [-0.25, -0.2) is 0 Å². The minimum atomic E-state index is -1.11. The third-order valence-electron chi connectivity index (χ3n) is 2.82. The zero-order valence-electron chi connectivity index (χ0n) is 21.7. The molecule has 1 aromatic heterocycles. The van der Waals surface area contributed by atoms with Crippen LogP contribution in [0.5, 0.6) is 0 Å². The number of pyridine rings is 1. The quantitative estimate of drug-likeness (QED) is 0.420. The van der Waals surface area contributed by atoms with Crippen LogP contribution in [-0.2, 0) is 0 Å². The molecule has 0 amide bonds. The van der Waals surface area contributed by atoms with Crippen molar-refractivity contribution >= 4 is 56.0 Å². The average Bonchev–Trinajstić information content (AvgIpc) is 2.26. The molecule has 0 atom stereocenters. The van der Waals surface area contributed by atoms with Crippen LogP contribution < -0.4 is 0 Å². The third kappa shape index (κ3) is 26.7. The summed E-state index contributed by atoms with van der Waals surface area (Å²) in [4.78, 5) is 4.18. The maximum atomic E-state index is 4.82. The van der Waals surface area contributed by atoms with Crippen molar-refractivity contribution in [2.75, 3.05) is 0 Å². The van der Waals surface area contributed by atoms with E-state index in [0.29, 0.717) is 0 Å². The summed E-state index contributed by atoms with van der Waals surface area (Å²) in [6, 6.07) is 2.14. The molecule has 0 saturated heterocycles. The van der Waals surface area contributed by atoms with Crippen LogP contribution in [0, 0.1) is 20.8 Å². The molecule has 0 fully saturated rings. The summed E-state index contributed by atoms with van der Waals surface area (Å²) in [5, 5.41) is 0. The predicted molar refractivity (Wildman–Crippen MR) is 144 cm³/mol. The zero-order valence-corrected chi connectivity index (χ0v) is 27.1. The summed E-state index contributed by atoms with van der Waals surface area (Å²) in [6.45, 7) is 33.7. The molecule has 8 heteroatoms. The van der Waals surface area contributed by atoms with Crippen LogP contribution in [0.1, 0.15) is 16.8 Å². The summed E-state index contributed by atoms with van der Waals surface area (Å²) < 4.78 is 9.64. The molecule has 0 unspecified atom stereocenters. The van der Waals surface area contributed by atoms with Crippen molar-refractivity contribution in [2.24, 2.45) is 0 Å². The molecule has 3 nitrogen and oxygen atoms in total. The summed E-state index contributed by atoms with van der Waals surface area (Å²) in [5.74, 6) is 0. The van der Waals surface area contributed by atoms with Gasteiger partial charge in [-0.2, -0.15) is 0 Å². The number of nitrogens with zero attached hydrogens (tertiary/aromatic N) is 3. The second-order valence-electron chi connectivity index (χ2n) is 11.3. The van der Waals surface area contributed by atoms with Crippen LogP contribution in [0.2, 0.25) is 78.6 Å². The largest absolute Gasteiger partial charge is 2.00 e. The van der Waals surface area contributed by atoms with Gasteiger partial charge in [0.2, 0.25) is 0 Å². The molecular formula is C20H47MgN3Si4. The molecule has 1 rings (SSSR count). The summed E-state index contributed by atoms with van der Waals surface area (Å²) in [7, 11) is -4.42. The van der Waals surface area contributed by atoms with Crippen molar-refractivity contribution in [3.8, 4) is 0 Å². The SMILES string of the molecule is C[Si](C)(C)[N-][Si](C)(C)C.C[Si](C)(C)[N-][Si](C)(C)C.Cc1cnc(C)c(C)c1.[Mg+2]. The third-order valence-corrected chi connectivity index (χ3v) is 13.6. The van der Waals surface area contributed by atoms with Crippen molar-refractivity contribution in [3.05, 3.63) is 38.4 Å². The first-order valence-electron chi connectivity index (χ1n) is 9.99. The van der Waals surface area contributed by atoms with Crippen molar-refractivity contribution in [3.63, 3.8) is 0 Å². The molecule has 1 aromatic rings. The fraction of sp³-hybridized carbons (Fsp3) is 0.750. The van der Waals surface area contributed by atoms with E-state index in [2.05, 4.69) is 103 Å². The molecule has 0 saturated carbocycles.